The van der Waals surface area contributed by atoms with E-state index < -0.39 is 5.54 Å². The average molecular weight is 244 g/mol. The molecule has 0 atom stereocenters. The van der Waals surface area contributed by atoms with Gasteiger partial charge in [0, 0.05) is 6.21 Å². The molecule has 0 radical (unpaired) electrons. The number of hydrogen-bond acceptors (Lipinski definition) is 2. The summed E-state index contributed by atoms with van der Waals surface area (Å²) in [5.74, 6) is 0. The molecule has 0 unspecified atom stereocenters. The summed E-state index contributed by atoms with van der Waals surface area (Å²) in [7, 11) is 0. The van der Waals surface area contributed by atoms with Gasteiger partial charge in [0.2, 0.25) is 0 Å². The van der Waals surface area contributed by atoms with Crippen molar-refractivity contribution in [3.63, 3.8) is 0 Å². The molecule has 0 spiro atoms. The van der Waals surface area contributed by atoms with Crippen LogP contribution in [0.3, 0.4) is 0 Å². The third kappa shape index (κ3) is 2.19. The molecule has 0 saturated carbocycles. The maximum atomic E-state index is 4.56. The zero-order chi connectivity index (χ0) is 11.6. The molecule has 3 heteroatoms. The molecule has 0 fully saturated rings. The van der Waals surface area contributed by atoms with Gasteiger partial charge in [-0.25, -0.2) is 4.99 Å². The Morgan fingerprint density at radius 3 is 1.61 bits per heavy atom. The topological polar surface area (TPSA) is 24.7 Å². The van der Waals surface area contributed by atoms with Crippen LogP contribution in [-0.4, -0.2) is 42.1 Å². The molecule has 0 N–H and O–H groups in total. The van der Waals surface area contributed by atoms with Crippen LogP contribution in [0.5, 0.6) is 0 Å². The Bertz CT molecular complexity index is 508. The maximum absolute atomic E-state index is 4.56. The van der Waals surface area contributed by atoms with Gasteiger partial charge in [-0.05, 0) is 11.1 Å². The van der Waals surface area contributed by atoms with Crippen molar-refractivity contribution in [2.75, 3.05) is 0 Å². The van der Waals surface area contributed by atoms with Gasteiger partial charge in [0.15, 0.2) is 0 Å². The van der Waals surface area contributed by atoms with Crippen molar-refractivity contribution in [1.82, 2.24) is 0 Å². The minimum absolute atomic E-state index is 0. The van der Waals surface area contributed by atoms with Crippen molar-refractivity contribution in [1.29, 1.82) is 0 Å². The fourth-order valence-electron chi connectivity index (χ4n) is 2.15. The quantitative estimate of drug-likeness (QED) is 0.725. The predicted octanol–water partition coefficient (Wildman–Crippen LogP) is 2.39. The molecule has 2 aromatic carbocycles. The summed E-state index contributed by atoms with van der Waals surface area (Å²) in [4.78, 5) is 8.73. The van der Waals surface area contributed by atoms with Gasteiger partial charge in [0.25, 0.3) is 0 Å². The number of nitrogens with zero attached hydrogens (tertiary/aromatic N) is 2. The Labute approximate surface area is 129 Å². The second-order valence-corrected chi connectivity index (χ2v) is 4.02. The molecule has 0 amide bonds. The first kappa shape index (κ1) is 13.2. The SMILES string of the molecule is C1=NC=NC1(c1ccccc1)c1ccccc1.[NaH]. The molecular formula is C15H13N2Na. The van der Waals surface area contributed by atoms with Crippen molar-refractivity contribution in [3.05, 3.63) is 71.8 Å². The Morgan fingerprint density at radius 1 is 0.722 bits per heavy atom. The van der Waals surface area contributed by atoms with Gasteiger partial charge in [-0.1, -0.05) is 60.7 Å². The van der Waals surface area contributed by atoms with E-state index >= 15 is 0 Å². The number of benzene rings is 2. The first-order chi connectivity index (χ1) is 8.42. The molecule has 3 rings (SSSR count). The molecule has 0 aliphatic carbocycles. The summed E-state index contributed by atoms with van der Waals surface area (Å²) < 4.78 is 0. The van der Waals surface area contributed by atoms with E-state index in [1.54, 1.807) is 6.34 Å². The van der Waals surface area contributed by atoms with E-state index in [0.717, 1.165) is 11.1 Å². The van der Waals surface area contributed by atoms with Crippen LogP contribution in [0.1, 0.15) is 11.1 Å². The Hall–Kier alpha value is -1.22. The van der Waals surface area contributed by atoms with E-state index in [4.69, 9.17) is 0 Å². The van der Waals surface area contributed by atoms with Crippen LogP contribution >= 0.6 is 0 Å². The molecule has 84 valence electrons. The molecule has 0 bridgehead atoms. The fourth-order valence-corrected chi connectivity index (χ4v) is 2.15. The summed E-state index contributed by atoms with van der Waals surface area (Å²) >= 11 is 0. The van der Waals surface area contributed by atoms with Gasteiger partial charge in [0.1, 0.15) is 11.9 Å². The molecule has 2 nitrogen and oxygen atoms in total. The summed E-state index contributed by atoms with van der Waals surface area (Å²) in [5.41, 5.74) is 1.84. The summed E-state index contributed by atoms with van der Waals surface area (Å²) in [6.45, 7) is 0. The Balaban J connectivity index is 0.00000120. The third-order valence-electron chi connectivity index (χ3n) is 3.02. The molecular weight excluding hydrogens is 231 g/mol. The Kier molecular flexibility index (Phi) is 4.12. The predicted molar refractivity (Wildman–Crippen MR) is 77.8 cm³/mol. The number of rotatable bonds is 2. The van der Waals surface area contributed by atoms with Crippen LogP contribution in [-0.2, 0) is 5.54 Å². The summed E-state index contributed by atoms with van der Waals surface area (Å²) in [6.07, 6.45) is 3.53. The summed E-state index contributed by atoms with van der Waals surface area (Å²) in [5, 5.41) is 0. The normalized spacial score (nSPS) is 15.3. The van der Waals surface area contributed by atoms with Crippen molar-refractivity contribution >= 4 is 42.1 Å². The van der Waals surface area contributed by atoms with Crippen LogP contribution in [0.15, 0.2) is 70.6 Å². The van der Waals surface area contributed by atoms with E-state index in [2.05, 4.69) is 34.3 Å². The first-order valence-corrected chi connectivity index (χ1v) is 5.61. The van der Waals surface area contributed by atoms with Crippen LogP contribution in [0.25, 0.3) is 0 Å². The average Bonchev–Trinajstić information content (AvgIpc) is 2.91. The van der Waals surface area contributed by atoms with Crippen LogP contribution in [0, 0.1) is 0 Å². The monoisotopic (exact) mass is 244 g/mol. The van der Waals surface area contributed by atoms with Gasteiger partial charge < -0.3 is 0 Å². The van der Waals surface area contributed by atoms with Gasteiger partial charge >= 0.3 is 29.6 Å². The van der Waals surface area contributed by atoms with E-state index in [1.807, 2.05) is 42.6 Å². The molecule has 1 heterocycles. The zero-order valence-electron chi connectivity index (χ0n) is 9.32. The molecule has 0 aromatic heterocycles. The molecule has 0 saturated heterocycles. The van der Waals surface area contributed by atoms with Crippen molar-refractivity contribution in [2.24, 2.45) is 9.98 Å². The van der Waals surface area contributed by atoms with E-state index in [9.17, 15) is 0 Å². The van der Waals surface area contributed by atoms with E-state index in [-0.39, 0.29) is 29.6 Å². The zero-order valence-corrected chi connectivity index (χ0v) is 9.32. The number of aliphatic imine (C=N–C) groups is 2. The van der Waals surface area contributed by atoms with Gasteiger partial charge in [0.05, 0.1) is 0 Å². The molecule has 1 aliphatic heterocycles. The summed E-state index contributed by atoms with van der Waals surface area (Å²) in [6, 6.07) is 20.5. The van der Waals surface area contributed by atoms with Crippen LogP contribution < -0.4 is 0 Å². The van der Waals surface area contributed by atoms with Gasteiger partial charge in [-0.3, -0.25) is 4.99 Å². The van der Waals surface area contributed by atoms with Crippen molar-refractivity contribution in [2.45, 2.75) is 5.54 Å². The van der Waals surface area contributed by atoms with E-state index in [1.165, 1.54) is 0 Å². The Morgan fingerprint density at radius 2 is 1.22 bits per heavy atom. The standard InChI is InChI=1S/C15H12N2.Na.H/c1-3-7-13(8-4-1)15(11-16-12-17-15)14-9-5-2-6-10-14;;/h1-12H;;. The second kappa shape index (κ2) is 5.61. The van der Waals surface area contributed by atoms with Gasteiger partial charge in [-0.2, -0.15) is 0 Å². The van der Waals surface area contributed by atoms with Crippen LogP contribution in [0.4, 0.5) is 0 Å². The number of hydrogen-bond donors (Lipinski definition) is 0. The van der Waals surface area contributed by atoms with Crippen molar-refractivity contribution < 1.29 is 0 Å². The molecule has 1 aliphatic rings. The fraction of sp³-hybridized carbons (Fsp3) is 0.0667. The van der Waals surface area contributed by atoms with Crippen LogP contribution in [0.2, 0.25) is 0 Å². The third-order valence-corrected chi connectivity index (χ3v) is 3.02. The molecule has 18 heavy (non-hydrogen) atoms. The first-order valence-electron chi connectivity index (χ1n) is 5.61. The van der Waals surface area contributed by atoms with E-state index in [0.29, 0.717) is 0 Å². The second-order valence-electron chi connectivity index (χ2n) is 4.02. The minimum atomic E-state index is -0.442. The van der Waals surface area contributed by atoms with Crippen molar-refractivity contribution in [3.8, 4) is 0 Å². The van der Waals surface area contributed by atoms with Gasteiger partial charge in [-0.15, -0.1) is 0 Å². The molecule has 2 aromatic rings.